The van der Waals surface area contributed by atoms with E-state index in [1.807, 2.05) is 26.8 Å². The number of esters is 1. The predicted octanol–water partition coefficient (Wildman–Crippen LogP) is 3.98. The van der Waals surface area contributed by atoms with Gasteiger partial charge in [0.25, 0.3) is 0 Å². The molecule has 0 spiro atoms. The zero-order chi connectivity index (χ0) is 22.4. The second-order valence-electron chi connectivity index (χ2n) is 7.38. The van der Waals surface area contributed by atoms with Crippen LogP contribution in [0, 0.1) is 20.8 Å². The standard InChI is InChI=1S/C25H29NO3Se2/c1-6-21(25(27)28-7-2)29-22-13-12-20(14-17(22)4)30-15-23-18(5)26-24(31-23)19-10-8-16(3)9-11-19/h8-14,21H,6-7,15H2,1-5H3. The molecule has 0 aliphatic carbocycles. The molecule has 1 atom stereocenters. The van der Waals surface area contributed by atoms with Gasteiger partial charge in [-0.05, 0) is 0 Å². The maximum absolute atomic E-state index is 12.0. The normalized spacial score (nSPS) is 11.9. The summed E-state index contributed by atoms with van der Waals surface area (Å²) in [5.41, 5.74) is 4.77. The van der Waals surface area contributed by atoms with Gasteiger partial charge in [-0.2, -0.15) is 0 Å². The Morgan fingerprint density at radius 3 is 2.48 bits per heavy atom. The second-order valence-corrected chi connectivity index (χ2v) is 11.9. The first-order chi connectivity index (χ1) is 14.9. The first-order valence-electron chi connectivity index (χ1n) is 10.5. The quantitative estimate of drug-likeness (QED) is 0.300. The molecule has 0 fully saturated rings. The Morgan fingerprint density at radius 1 is 1.10 bits per heavy atom. The molecular weight excluding hydrogens is 520 g/mol. The molecule has 3 aromatic rings. The second kappa shape index (κ2) is 11.2. The Labute approximate surface area is 197 Å². The monoisotopic (exact) mass is 551 g/mol. The molecule has 0 N–H and O–H groups in total. The molecule has 1 unspecified atom stereocenters. The van der Waals surface area contributed by atoms with E-state index in [9.17, 15) is 4.79 Å². The van der Waals surface area contributed by atoms with E-state index in [4.69, 9.17) is 14.5 Å². The summed E-state index contributed by atoms with van der Waals surface area (Å²) < 4.78 is 15.1. The van der Waals surface area contributed by atoms with E-state index < -0.39 is 6.10 Å². The van der Waals surface area contributed by atoms with Crippen LogP contribution in [0.2, 0.25) is 0 Å². The van der Waals surface area contributed by atoms with Gasteiger partial charge in [0.05, 0.1) is 0 Å². The number of nitrogens with zero attached hydrogens (tertiary/aromatic N) is 1. The molecule has 0 amide bonds. The van der Waals surface area contributed by atoms with E-state index in [1.165, 1.54) is 30.3 Å². The SMILES string of the molecule is CCOC(=O)C(CC)Oc1ccc([Se]Cc2[se]c(-c3ccc(C)cc3)nc2C)cc1C. The molecule has 0 aliphatic heterocycles. The van der Waals surface area contributed by atoms with E-state index in [-0.39, 0.29) is 5.97 Å². The number of ether oxygens (including phenoxy) is 2. The van der Waals surface area contributed by atoms with Crippen molar-refractivity contribution in [2.45, 2.75) is 52.5 Å². The summed E-state index contributed by atoms with van der Waals surface area (Å²) in [4.78, 5) is 16.9. The fourth-order valence-electron chi connectivity index (χ4n) is 3.06. The van der Waals surface area contributed by atoms with Crippen LogP contribution >= 0.6 is 0 Å². The molecule has 6 heteroatoms. The number of carbonyl (C=O) groups excluding carboxylic acids is 1. The topological polar surface area (TPSA) is 48.4 Å². The van der Waals surface area contributed by atoms with Gasteiger partial charge in [-0.3, -0.25) is 0 Å². The summed E-state index contributed by atoms with van der Waals surface area (Å²) in [6, 6.07) is 15.0. The van der Waals surface area contributed by atoms with Crippen molar-refractivity contribution < 1.29 is 14.3 Å². The van der Waals surface area contributed by atoms with E-state index in [0.29, 0.717) is 42.5 Å². The molecule has 164 valence electrons. The van der Waals surface area contributed by atoms with E-state index in [1.54, 1.807) is 0 Å². The first kappa shape index (κ1) is 23.8. The third-order valence-electron chi connectivity index (χ3n) is 4.90. The molecule has 1 heterocycles. The van der Waals surface area contributed by atoms with Crippen LogP contribution in [-0.2, 0) is 14.9 Å². The average molecular weight is 549 g/mol. The van der Waals surface area contributed by atoms with Gasteiger partial charge in [0, 0.05) is 0 Å². The molecule has 0 saturated heterocycles. The van der Waals surface area contributed by atoms with Gasteiger partial charge in [0.2, 0.25) is 0 Å². The average Bonchev–Trinajstić information content (AvgIpc) is 3.12. The fraction of sp³-hybridized carbons (Fsp3) is 0.360. The summed E-state index contributed by atoms with van der Waals surface area (Å²) in [5.74, 6) is 0.456. The maximum atomic E-state index is 12.0. The van der Waals surface area contributed by atoms with E-state index in [2.05, 4.69) is 50.2 Å². The molecule has 0 bridgehead atoms. The zero-order valence-corrected chi connectivity index (χ0v) is 22.2. The zero-order valence-electron chi connectivity index (χ0n) is 18.7. The van der Waals surface area contributed by atoms with Crippen molar-refractivity contribution in [3.05, 3.63) is 63.7 Å². The van der Waals surface area contributed by atoms with Crippen molar-refractivity contribution in [2.24, 2.45) is 0 Å². The van der Waals surface area contributed by atoms with Gasteiger partial charge in [-0.1, -0.05) is 0 Å². The van der Waals surface area contributed by atoms with Crippen molar-refractivity contribution in [1.29, 1.82) is 0 Å². The number of carbonyl (C=O) groups is 1. The number of hydrogen-bond donors (Lipinski definition) is 0. The van der Waals surface area contributed by atoms with Crippen LogP contribution in [0.5, 0.6) is 5.75 Å². The van der Waals surface area contributed by atoms with Gasteiger partial charge in [0.15, 0.2) is 0 Å². The number of hydrogen-bond acceptors (Lipinski definition) is 4. The Balaban J connectivity index is 1.65. The molecule has 3 rings (SSSR count). The fourth-order valence-corrected chi connectivity index (χ4v) is 8.23. The molecule has 0 radical (unpaired) electrons. The van der Waals surface area contributed by atoms with Gasteiger partial charge >= 0.3 is 198 Å². The van der Waals surface area contributed by atoms with Crippen molar-refractivity contribution in [1.82, 2.24) is 4.98 Å². The van der Waals surface area contributed by atoms with Crippen molar-refractivity contribution >= 4 is 39.9 Å². The van der Waals surface area contributed by atoms with Gasteiger partial charge in [-0.15, -0.1) is 0 Å². The van der Waals surface area contributed by atoms with Gasteiger partial charge in [0.1, 0.15) is 0 Å². The summed E-state index contributed by atoms with van der Waals surface area (Å²) in [5, 5.41) is 1.08. The third-order valence-corrected chi connectivity index (χ3v) is 10.5. The molecule has 31 heavy (non-hydrogen) atoms. The summed E-state index contributed by atoms with van der Waals surface area (Å²) >= 11 is 0.637. The number of benzene rings is 2. The molecule has 0 aliphatic rings. The minimum atomic E-state index is -0.554. The van der Waals surface area contributed by atoms with Crippen LogP contribution < -0.4 is 9.20 Å². The van der Waals surface area contributed by atoms with Crippen molar-refractivity contribution in [3.63, 3.8) is 0 Å². The van der Waals surface area contributed by atoms with Crippen molar-refractivity contribution in [3.8, 4) is 15.9 Å². The minimum absolute atomic E-state index is 0.298. The van der Waals surface area contributed by atoms with Crippen LogP contribution in [0.1, 0.15) is 41.5 Å². The Morgan fingerprint density at radius 2 is 1.84 bits per heavy atom. The van der Waals surface area contributed by atoms with Gasteiger partial charge in [-0.25, -0.2) is 0 Å². The van der Waals surface area contributed by atoms with Crippen molar-refractivity contribution in [2.75, 3.05) is 6.61 Å². The molecule has 4 nitrogen and oxygen atoms in total. The third kappa shape index (κ3) is 6.33. The first-order valence-corrected chi connectivity index (χ1v) is 14.3. The van der Waals surface area contributed by atoms with Crippen LogP contribution in [0.15, 0.2) is 42.5 Å². The summed E-state index contributed by atoms with van der Waals surface area (Å²) in [6.07, 6.45) is 0.0318. The molecule has 0 saturated carbocycles. The summed E-state index contributed by atoms with van der Waals surface area (Å²) in [6.45, 7) is 10.4. The Kier molecular flexibility index (Phi) is 8.57. The predicted molar refractivity (Wildman–Crippen MR) is 128 cm³/mol. The Hall–Kier alpha value is -1.84. The van der Waals surface area contributed by atoms with E-state index in [0.717, 1.165) is 16.6 Å². The van der Waals surface area contributed by atoms with Crippen LogP contribution in [0.25, 0.3) is 10.1 Å². The van der Waals surface area contributed by atoms with Crippen LogP contribution in [0.3, 0.4) is 0 Å². The number of aromatic nitrogens is 1. The molecular formula is C25H29NO3Se2. The number of aryl methyl sites for hydroxylation is 3. The number of rotatable bonds is 9. The van der Waals surface area contributed by atoms with Crippen LogP contribution in [0.4, 0.5) is 0 Å². The van der Waals surface area contributed by atoms with E-state index >= 15 is 0 Å². The Bertz CT molecular complexity index is 1030. The van der Waals surface area contributed by atoms with Gasteiger partial charge < -0.3 is 0 Å². The molecule has 2 aromatic carbocycles. The van der Waals surface area contributed by atoms with Crippen LogP contribution in [-0.4, -0.2) is 53.1 Å². The summed E-state index contributed by atoms with van der Waals surface area (Å²) in [7, 11) is 0. The molecule has 1 aromatic heterocycles.